The number of phenolic OH excluding ortho intramolecular Hbond substituents is 1. The van der Waals surface area contributed by atoms with E-state index in [4.69, 9.17) is 0 Å². The van der Waals surface area contributed by atoms with Crippen LogP contribution in [0.1, 0.15) is 0 Å². The Bertz CT molecular complexity index is 662. The van der Waals surface area contributed by atoms with Crippen molar-refractivity contribution in [3.05, 3.63) is 28.3 Å². The Kier molecular flexibility index (Phi) is 4.06. The highest BCUT2D eigenvalue weighted by Crippen LogP contribution is 2.29. The van der Waals surface area contributed by atoms with E-state index in [-0.39, 0.29) is 29.5 Å². The van der Waals surface area contributed by atoms with Crippen LogP contribution in [0, 0.1) is 10.1 Å². The largest absolute Gasteiger partial charge is 0.502 e. The topological polar surface area (TPSA) is 118 Å². The summed E-state index contributed by atoms with van der Waals surface area (Å²) in [6, 6.07) is 2.92. The summed E-state index contributed by atoms with van der Waals surface area (Å²) >= 11 is 0. The van der Waals surface area contributed by atoms with Gasteiger partial charge in [-0.15, -0.1) is 0 Å². The van der Waals surface area contributed by atoms with Crippen LogP contribution in [0.3, 0.4) is 0 Å². The molecule has 1 aromatic carbocycles. The van der Waals surface area contributed by atoms with Crippen molar-refractivity contribution in [3.63, 3.8) is 0 Å². The zero-order chi connectivity index (χ0) is 14.9. The van der Waals surface area contributed by atoms with Crippen molar-refractivity contribution in [2.24, 2.45) is 0 Å². The zero-order valence-electron chi connectivity index (χ0n) is 10.3. The van der Waals surface area contributed by atoms with Crippen LogP contribution < -0.4 is 0 Å². The summed E-state index contributed by atoms with van der Waals surface area (Å²) in [4.78, 5) is 9.61. The Labute approximate surface area is 117 Å². The van der Waals surface area contributed by atoms with E-state index in [1.54, 1.807) is 0 Å². The minimum atomic E-state index is -3.87. The van der Waals surface area contributed by atoms with E-state index in [9.17, 15) is 27.8 Å². The van der Waals surface area contributed by atoms with E-state index in [1.165, 1.54) is 0 Å². The third-order valence-corrected chi connectivity index (χ3v) is 6.09. The summed E-state index contributed by atoms with van der Waals surface area (Å²) < 4.78 is 37.0. The van der Waals surface area contributed by atoms with Crippen LogP contribution in [-0.2, 0) is 20.8 Å². The van der Waals surface area contributed by atoms with Gasteiger partial charge < -0.3 is 5.11 Å². The fourth-order valence-corrected chi connectivity index (χ4v) is 4.57. The highest BCUT2D eigenvalue weighted by molar-refractivity contribution is 7.89. The summed E-state index contributed by atoms with van der Waals surface area (Å²) in [5, 5.41) is 20.0. The molecule has 10 heteroatoms. The lowest BCUT2D eigenvalue weighted by atomic mass is 10.3. The summed E-state index contributed by atoms with van der Waals surface area (Å²) in [5.41, 5.74) is -0.660. The molecule has 0 atom stereocenters. The summed E-state index contributed by atoms with van der Waals surface area (Å²) in [6.45, 7) is 0.229. The maximum atomic E-state index is 12.3. The van der Waals surface area contributed by atoms with Gasteiger partial charge in [-0.05, 0) is 12.1 Å². The smallest absolute Gasteiger partial charge is 0.312 e. The van der Waals surface area contributed by atoms with Gasteiger partial charge in [0.15, 0.2) is 5.75 Å². The molecular weight excluding hydrogens is 308 g/mol. The first-order valence-corrected chi connectivity index (χ1v) is 8.57. The van der Waals surface area contributed by atoms with Crippen molar-refractivity contribution in [1.82, 2.24) is 4.31 Å². The molecule has 0 radical (unpaired) electrons. The van der Waals surface area contributed by atoms with E-state index >= 15 is 0 Å². The van der Waals surface area contributed by atoms with Crippen molar-refractivity contribution in [2.75, 3.05) is 24.6 Å². The standard InChI is InChI=1S/C10H12N2O6S2/c13-10-2-1-8(7-9(10)12(14)15)20(17,18)11-3-5-19(16)6-4-11/h1-2,7,13H,3-6H2. The number of rotatable bonds is 3. The van der Waals surface area contributed by atoms with Crippen molar-refractivity contribution in [2.45, 2.75) is 4.90 Å². The summed E-state index contributed by atoms with van der Waals surface area (Å²) in [7, 11) is -4.90. The van der Waals surface area contributed by atoms with E-state index in [2.05, 4.69) is 0 Å². The molecule has 1 aliphatic rings. The van der Waals surface area contributed by atoms with E-state index < -0.39 is 37.2 Å². The average Bonchev–Trinajstić information content (AvgIpc) is 2.39. The fraction of sp³-hybridized carbons (Fsp3) is 0.400. The molecule has 8 nitrogen and oxygen atoms in total. The van der Waals surface area contributed by atoms with E-state index in [0.29, 0.717) is 0 Å². The molecule has 1 aromatic rings. The minimum Gasteiger partial charge on any atom is -0.502 e. The SMILES string of the molecule is O=[N+]([O-])c1cc(S(=O)(=O)N2CCS(=O)CC2)ccc1O. The van der Waals surface area contributed by atoms with Crippen molar-refractivity contribution in [1.29, 1.82) is 0 Å². The molecule has 0 aliphatic carbocycles. The maximum Gasteiger partial charge on any atom is 0.312 e. The van der Waals surface area contributed by atoms with Gasteiger partial charge in [-0.2, -0.15) is 4.31 Å². The zero-order valence-corrected chi connectivity index (χ0v) is 11.9. The third kappa shape index (κ3) is 2.81. The first-order valence-electron chi connectivity index (χ1n) is 5.65. The number of aromatic hydroxyl groups is 1. The highest BCUT2D eigenvalue weighted by Gasteiger charge is 2.30. The van der Waals surface area contributed by atoms with Crippen LogP contribution in [0.4, 0.5) is 5.69 Å². The molecule has 0 bridgehead atoms. The fourth-order valence-electron chi connectivity index (χ4n) is 1.82. The lowest BCUT2D eigenvalue weighted by Crippen LogP contribution is -2.41. The monoisotopic (exact) mass is 320 g/mol. The highest BCUT2D eigenvalue weighted by atomic mass is 32.2. The lowest BCUT2D eigenvalue weighted by Gasteiger charge is -2.25. The van der Waals surface area contributed by atoms with Crippen molar-refractivity contribution < 1.29 is 22.7 Å². The lowest BCUT2D eigenvalue weighted by molar-refractivity contribution is -0.386. The normalized spacial score (nSPS) is 18.0. The third-order valence-electron chi connectivity index (χ3n) is 2.92. The number of nitro groups is 1. The van der Waals surface area contributed by atoms with Gasteiger partial charge in [0, 0.05) is 41.5 Å². The van der Waals surface area contributed by atoms with Gasteiger partial charge in [-0.1, -0.05) is 0 Å². The molecule has 1 aliphatic heterocycles. The Morgan fingerprint density at radius 3 is 2.45 bits per heavy atom. The van der Waals surface area contributed by atoms with Crippen LogP contribution in [-0.4, -0.2) is 51.6 Å². The number of benzene rings is 1. The first kappa shape index (κ1) is 14.9. The Hall–Kier alpha value is -1.52. The minimum absolute atomic E-state index is 0.115. The predicted octanol–water partition coefficient (Wildman–Crippen LogP) is 0.0534. The second-order valence-corrected chi connectivity index (χ2v) is 7.79. The molecule has 1 heterocycles. The molecule has 0 amide bonds. The molecule has 1 saturated heterocycles. The van der Waals surface area contributed by atoms with Gasteiger partial charge in [0.1, 0.15) is 0 Å². The van der Waals surface area contributed by atoms with Gasteiger partial charge in [0.05, 0.1) is 9.82 Å². The molecule has 0 spiro atoms. The molecular formula is C10H12N2O6S2. The Morgan fingerprint density at radius 2 is 1.90 bits per heavy atom. The average molecular weight is 320 g/mol. The number of phenols is 1. The quantitative estimate of drug-likeness (QED) is 0.621. The van der Waals surface area contributed by atoms with Gasteiger partial charge in [-0.3, -0.25) is 14.3 Å². The van der Waals surface area contributed by atoms with Crippen molar-refractivity contribution in [3.8, 4) is 5.75 Å². The van der Waals surface area contributed by atoms with Gasteiger partial charge in [0.25, 0.3) is 0 Å². The van der Waals surface area contributed by atoms with Crippen LogP contribution >= 0.6 is 0 Å². The van der Waals surface area contributed by atoms with Crippen LogP contribution in [0.15, 0.2) is 23.1 Å². The molecule has 0 aromatic heterocycles. The van der Waals surface area contributed by atoms with Gasteiger partial charge >= 0.3 is 5.69 Å². The van der Waals surface area contributed by atoms with Crippen molar-refractivity contribution >= 4 is 26.5 Å². The predicted molar refractivity (Wildman–Crippen MR) is 71.4 cm³/mol. The van der Waals surface area contributed by atoms with Gasteiger partial charge in [0.2, 0.25) is 10.0 Å². The van der Waals surface area contributed by atoms with Crippen LogP contribution in [0.25, 0.3) is 0 Å². The Balaban J connectivity index is 2.37. The van der Waals surface area contributed by atoms with Gasteiger partial charge in [-0.25, -0.2) is 8.42 Å². The van der Waals surface area contributed by atoms with Crippen LogP contribution in [0.5, 0.6) is 5.75 Å². The number of nitrogens with zero attached hydrogens (tertiary/aromatic N) is 2. The summed E-state index contributed by atoms with van der Waals surface area (Å²) in [6.07, 6.45) is 0. The maximum absolute atomic E-state index is 12.3. The molecule has 1 fully saturated rings. The number of hydrogen-bond acceptors (Lipinski definition) is 6. The van der Waals surface area contributed by atoms with E-state index in [1.807, 2.05) is 0 Å². The van der Waals surface area contributed by atoms with Crippen LogP contribution in [0.2, 0.25) is 0 Å². The summed E-state index contributed by atoms with van der Waals surface area (Å²) in [5.74, 6) is -0.0903. The molecule has 0 saturated carbocycles. The molecule has 20 heavy (non-hydrogen) atoms. The molecule has 2 rings (SSSR count). The first-order chi connectivity index (χ1) is 9.32. The second-order valence-electron chi connectivity index (χ2n) is 4.16. The second kappa shape index (κ2) is 5.46. The molecule has 110 valence electrons. The van der Waals surface area contributed by atoms with E-state index in [0.717, 1.165) is 22.5 Å². The number of hydrogen-bond donors (Lipinski definition) is 1. The molecule has 1 N–H and O–H groups in total. The Morgan fingerprint density at radius 1 is 1.30 bits per heavy atom. The molecule has 0 unspecified atom stereocenters. The number of nitro benzene ring substituents is 1. The number of sulfonamides is 1.